The molecular formula is C9H16N2O. The van der Waals surface area contributed by atoms with Crippen molar-refractivity contribution in [2.75, 3.05) is 0 Å². The molecule has 12 heavy (non-hydrogen) atoms. The Balaban J connectivity index is 4.33. The van der Waals surface area contributed by atoms with E-state index in [1.807, 2.05) is 26.8 Å². The summed E-state index contributed by atoms with van der Waals surface area (Å²) < 4.78 is 0. The molecule has 0 aromatic heterocycles. The van der Waals surface area contributed by atoms with Gasteiger partial charge in [-0.25, -0.2) is 0 Å². The van der Waals surface area contributed by atoms with E-state index in [0.717, 1.165) is 0 Å². The highest BCUT2D eigenvalue weighted by Gasteiger charge is 2.27. The van der Waals surface area contributed by atoms with Crippen molar-refractivity contribution in [2.45, 2.75) is 40.2 Å². The first-order chi connectivity index (χ1) is 5.19. The quantitative estimate of drug-likeness (QED) is 0.644. The molecule has 0 aliphatic heterocycles. The van der Waals surface area contributed by atoms with E-state index in [2.05, 4.69) is 5.32 Å². The van der Waals surface area contributed by atoms with Crippen LogP contribution in [0.4, 0.5) is 0 Å². The Labute approximate surface area is 73.8 Å². The van der Waals surface area contributed by atoms with Crippen LogP contribution in [0.2, 0.25) is 0 Å². The van der Waals surface area contributed by atoms with Gasteiger partial charge in [0, 0.05) is 5.41 Å². The topological polar surface area (TPSA) is 52.9 Å². The van der Waals surface area contributed by atoms with Crippen LogP contribution in [0.15, 0.2) is 0 Å². The molecule has 0 fully saturated rings. The van der Waals surface area contributed by atoms with Crippen LogP contribution in [0, 0.1) is 16.7 Å². The molecule has 0 rings (SSSR count). The second kappa shape index (κ2) is 3.14. The molecule has 1 N–H and O–H groups in total. The molecule has 0 saturated carbocycles. The maximum atomic E-state index is 11.4. The number of carbonyl (C=O) groups excluding carboxylic acids is 1. The van der Waals surface area contributed by atoms with Gasteiger partial charge in [-0.15, -0.1) is 0 Å². The number of carbonyl (C=O) groups is 1. The second-order valence-corrected chi connectivity index (χ2v) is 4.44. The lowest BCUT2D eigenvalue weighted by atomic mass is 9.94. The molecule has 0 aliphatic carbocycles. The lowest BCUT2D eigenvalue weighted by Crippen LogP contribution is -2.47. The van der Waals surface area contributed by atoms with Gasteiger partial charge in [0.1, 0.15) is 5.54 Å². The molecule has 0 radical (unpaired) electrons. The fourth-order valence-corrected chi connectivity index (χ4v) is 0.499. The summed E-state index contributed by atoms with van der Waals surface area (Å²) in [4.78, 5) is 11.4. The number of nitriles is 1. The molecule has 0 spiro atoms. The molecule has 3 nitrogen and oxygen atoms in total. The van der Waals surface area contributed by atoms with Crippen LogP contribution in [0.25, 0.3) is 0 Å². The number of nitrogens with one attached hydrogen (secondary N) is 1. The molecule has 0 aliphatic rings. The van der Waals surface area contributed by atoms with Crippen LogP contribution in [0.1, 0.15) is 34.6 Å². The molecular weight excluding hydrogens is 152 g/mol. The lowest BCUT2D eigenvalue weighted by molar-refractivity contribution is -0.129. The highest BCUT2D eigenvalue weighted by Crippen LogP contribution is 2.14. The summed E-state index contributed by atoms with van der Waals surface area (Å²) in [6.45, 7) is 8.80. The SMILES string of the molecule is CC(C)(C#N)NC(=O)C(C)(C)C. The van der Waals surface area contributed by atoms with E-state index in [1.165, 1.54) is 0 Å². The van der Waals surface area contributed by atoms with Crippen molar-refractivity contribution in [3.8, 4) is 6.07 Å². The first-order valence-corrected chi connectivity index (χ1v) is 3.93. The minimum absolute atomic E-state index is 0.103. The second-order valence-electron chi connectivity index (χ2n) is 4.44. The standard InChI is InChI=1S/C9H16N2O/c1-8(2,3)7(12)11-9(4,5)6-10/h1-5H3,(H,11,12). The van der Waals surface area contributed by atoms with Crippen molar-refractivity contribution in [2.24, 2.45) is 5.41 Å². The summed E-state index contributed by atoms with van der Waals surface area (Å²) in [5, 5.41) is 11.3. The third-order valence-electron chi connectivity index (χ3n) is 1.39. The van der Waals surface area contributed by atoms with Crippen molar-refractivity contribution in [1.82, 2.24) is 5.32 Å². The highest BCUT2D eigenvalue weighted by molar-refractivity contribution is 5.82. The average molecular weight is 168 g/mol. The van der Waals surface area contributed by atoms with Crippen molar-refractivity contribution in [3.05, 3.63) is 0 Å². The van der Waals surface area contributed by atoms with Crippen LogP contribution in [0.3, 0.4) is 0 Å². The number of hydrogen-bond donors (Lipinski definition) is 1. The maximum Gasteiger partial charge on any atom is 0.226 e. The van der Waals surface area contributed by atoms with E-state index in [4.69, 9.17) is 5.26 Å². The Morgan fingerprint density at radius 3 is 1.92 bits per heavy atom. The summed E-state index contributed by atoms with van der Waals surface area (Å²) in [6, 6.07) is 2.01. The van der Waals surface area contributed by atoms with E-state index in [0.29, 0.717) is 0 Å². The molecule has 0 aromatic carbocycles. The first kappa shape index (κ1) is 11.0. The van der Waals surface area contributed by atoms with Gasteiger partial charge in [-0.1, -0.05) is 20.8 Å². The normalized spacial score (nSPS) is 12.0. The van der Waals surface area contributed by atoms with Gasteiger partial charge in [-0.2, -0.15) is 5.26 Å². The third kappa shape index (κ3) is 3.38. The average Bonchev–Trinajstić information content (AvgIpc) is 1.85. The van der Waals surface area contributed by atoms with Crippen LogP contribution in [0.5, 0.6) is 0 Å². The predicted molar refractivity (Wildman–Crippen MR) is 47.3 cm³/mol. The van der Waals surface area contributed by atoms with Crippen LogP contribution < -0.4 is 5.32 Å². The molecule has 68 valence electrons. The van der Waals surface area contributed by atoms with Gasteiger partial charge < -0.3 is 5.32 Å². The van der Waals surface area contributed by atoms with Crippen LogP contribution >= 0.6 is 0 Å². The number of nitrogens with zero attached hydrogens (tertiary/aromatic N) is 1. The molecule has 0 aromatic rings. The van der Waals surface area contributed by atoms with Gasteiger partial charge in [-0.05, 0) is 13.8 Å². The monoisotopic (exact) mass is 168 g/mol. The molecule has 1 amide bonds. The fourth-order valence-electron chi connectivity index (χ4n) is 0.499. The Kier molecular flexibility index (Phi) is 2.87. The maximum absolute atomic E-state index is 11.4. The minimum atomic E-state index is -0.773. The van der Waals surface area contributed by atoms with Gasteiger partial charge >= 0.3 is 0 Å². The Morgan fingerprint density at radius 2 is 1.67 bits per heavy atom. The zero-order valence-electron chi connectivity index (χ0n) is 8.36. The summed E-state index contributed by atoms with van der Waals surface area (Å²) in [6.07, 6.45) is 0. The van der Waals surface area contributed by atoms with E-state index in [-0.39, 0.29) is 5.91 Å². The Bertz CT molecular complexity index is 218. The Morgan fingerprint density at radius 1 is 1.25 bits per heavy atom. The molecule has 0 bridgehead atoms. The van der Waals surface area contributed by atoms with Crippen molar-refractivity contribution in [3.63, 3.8) is 0 Å². The van der Waals surface area contributed by atoms with Gasteiger partial charge in [0.25, 0.3) is 0 Å². The zero-order valence-corrected chi connectivity index (χ0v) is 8.36. The van der Waals surface area contributed by atoms with Gasteiger partial charge in [0.05, 0.1) is 6.07 Å². The van der Waals surface area contributed by atoms with Crippen LogP contribution in [-0.2, 0) is 4.79 Å². The van der Waals surface area contributed by atoms with E-state index < -0.39 is 11.0 Å². The summed E-state index contributed by atoms with van der Waals surface area (Å²) >= 11 is 0. The van der Waals surface area contributed by atoms with Crippen molar-refractivity contribution < 1.29 is 4.79 Å². The Hall–Kier alpha value is -1.04. The van der Waals surface area contributed by atoms with Gasteiger partial charge in [0.15, 0.2) is 0 Å². The third-order valence-corrected chi connectivity index (χ3v) is 1.39. The smallest absolute Gasteiger partial charge is 0.226 e. The van der Waals surface area contributed by atoms with E-state index >= 15 is 0 Å². The van der Waals surface area contributed by atoms with Gasteiger partial charge in [0.2, 0.25) is 5.91 Å². The summed E-state index contributed by atoms with van der Waals surface area (Å²) in [5.74, 6) is -0.103. The van der Waals surface area contributed by atoms with Crippen molar-refractivity contribution >= 4 is 5.91 Å². The number of amides is 1. The van der Waals surface area contributed by atoms with Crippen LogP contribution in [-0.4, -0.2) is 11.4 Å². The zero-order chi connectivity index (χ0) is 9.99. The summed E-state index contributed by atoms with van der Waals surface area (Å²) in [7, 11) is 0. The van der Waals surface area contributed by atoms with Crippen molar-refractivity contribution in [1.29, 1.82) is 5.26 Å². The minimum Gasteiger partial charge on any atom is -0.338 e. The predicted octanol–water partition coefficient (Wildman–Crippen LogP) is 1.45. The molecule has 3 heteroatoms. The number of rotatable bonds is 1. The van der Waals surface area contributed by atoms with E-state index in [9.17, 15) is 4.79 Å². The molecule has 0 heterocycles. The highest BCUT2D eigenvalue weighted by atomic mass is 16.2. The van der Waals surface area contributed by atoms with E-state index in [1.54, 1.807) is 13.8 Å². The van der Waals surface area contributed by atoms with Gasteiger partial charge in [-0.3, -0.25) is 4.79 Å². The fraction of sp³-hybridized carbons (Fsp3) is 0.778. The largest absolute Gasteiger partial charge is 0.338 e. The summed E-state index contributed by atoms with van der Waals surface area (Å²) in [5.41, 5.74) is -1.21. The first-order valence-electron chi connectivity index (χ1n) is 3.93. The molecule has 0 unspecified atom stereocenters. The number of hydrogen-bond acceptors (Lipinski definition) is 2. The molecule has 0 atom stereocenters. The lowest BCUT2D eigenvalue weighted by Gasteiger charge is -2.24. The molecule has 0 saturated heterocycles.